The molecular formula is C27H35FN4O4. The number of nitrogens with zero attached hydrogens (tertiary/aromatic N) is 3. The highest BCUT2D eigenvalue weighted by atomic mass is 19.1. The fourth-order valence-corrected chi connectivity index (χ4v) is 4.36. The lowest BCUT2D eigenvalue weighted by Gasteiger charge is -2.15. The van der Waals surface area contributed by atoms with E-state index in [-0.39, 0.29) is 17.6 Å². The summed E-state index contributed by atoms with van der Waals surface area (Å²) in [6.45, 7) is 7.50. The van der Waals surface area contributed by atoms with E-state index in [0.717, 1.165) is 35.9 Å². The number of hydrogen-bond donors (Lipinski definition) is 1. The number of ketones is 1. The van der Waals surface area contributed by atoms with Gasteiger partial charge in [0.05, 0.1) is 25.9 Å². The summed E-state index contributed by atoms with van der Waals surface area (Å²) in [4.78, 5) is 24.8. The zero-order valence-corrected chi connectivity index (χ0v) is 21.4. The highest BCUT2D eigenvalue weighted by Crippen LogP contribution is 2.31. The summed E-state index contributed by atoms with van der Waals surface area (Å²) in [5.41, 5.74) is 7.07. The van der Waals surface area contributed by atoms with Crippen LogP contribution in [-0.4, -0.2) is 60.2 Å². The highest BCUT2D eigenvalue weighted by molar-refractivity contribution is 6.42. The van der Waals surface area contributed by atoms with E-state index in [1.54, 1.807) is 35.1 Å². The normalized spacial score (nSPS) is 13.5. The predicted molar refractivity (Wildman–Crippen MR) is 137 cm³/mol. The number of halogens is 1. The van der Waals surface area contributed by atoms with Crippen LogP contribution in [0.15, 0.2) is 36.5 Å². The molecule has 0 aliphatic carbocycles. The van der Waals surface area contributed by atoms with E-state index in [2.05, 4.69) is 10.00 Å². The van der Waals surface area contributed by atoms with Crippen LogP contribution in [0.25, 0.3) is 10.9 Å². The first-order valence-corrected chi connectivity index (χ1v) is 12.2. The third-order valence-corrected chi connectivity index (χ3v) is 6.21. The van der Waals surface area contributed by atoms with E-state index >= 15 is 0 Å². The fraction of sp³-hybridized carbons (Fsp3) is 0.444. The number of aromatic nitrogens is 2. The van der Waals surface area contributed by atoms with Crippen LogP contribution in [0.4, 0.5) is 4.39 Å². The van der Waals surface area contributed by atoms with Gasteiger partial charge in [-0.15, -0.1) is 0 Å². The molecule has 0 saturated carbocycles. The number of amides is 1. The summed E-state index contributed by atoms with van der Waals surface area (Å²) in [5, 5.41) is 5.16. The molecular weight excluding hydrogens is 463 g/mol. The van der Waals surface area contributed by atoms with Crippen molar-refractivity contribution in [3.05, 3.63) is 53.5 Å². The van der Waals surface area contributed by atoms with Crippen LogP contribution in [0.3, 0.4) is 0 Å². The molecule has 2 aromatic carbocycles. The van der Waals surface area contributed by atoms with Gasteiger partial charge in [-0.3, -0.25) is 14.3 Å². The number of rotatable bonds is 9. The summed E-state index contributed by atoms with van der Waals surface area (Å²) in [7, 11) is 2.99. The van der Waals surface area contributed by atoms with Gasteiger partial charge >= 0.3 is 0 Å². The van der Waals surface area contributed by atoms with Crippen molar-refractivity contribution in [1.82, 2.24) is 14.7 Å². The lowest BCUT2D eigenvalue weighted by atomic mass is 10.1. The van der Waals surface area contributed by atoms with Crippen LogP contribution in [-0.2, 0) is 11.2 Å². The number of Topliss-reactive ketones (excluding diaryl/α,β-unsaturated/α-hetero) is 1. The second kappa shape index (κ2) is 12.5. The summed E-state index contributed by atoms with van der Waals surface area (Å²) >= 11 is 0. The Labute approximate surface area is 211 Å². The molecule has 9 heteroatoms. The molecule has 3 aromatic rings. The number of fused-ring (bicyclic) bond motifs is 1. The summed E-state index contributed by atoms with van der Waals surface area (Å²) in [6, 6.07) is 8.60. The van der Waals surface area contributed by atoms with Crippen molar-refractivity contribution in [3.8, 4) is 11.5 Å². The second-order valence-corrected chi connectivity index (χ2v) is 9.12. The minimum Gasteiger partial charge on any atom is -0.493 e. The zero-order valence-electron chi connectivity index (χ0n) is 21.4. The Morgan fingerprint density at radius 2 is 1.83 bits per heavy atom. The number of methoxy groups -OCH3 is 2. The standard InChI is InChI=1S/C15H22FNO2.C12H13N3O2/c1-18-14-11-12(10-13(16)15(14)19-2)6-5-9-17-7-3-4-8-17;1-7(2)15-10-5-8(11(16)12(13)17)3-4-9(10)6-14-15/h10-11H,3-9H2,1-2H3;3-7H,1-2H3,(H2,13,17). The second-order valence-electron chi connectivity index (χ2n) is 9.12. The molecule has 1 aliphatic rings. The van der Waals surface area contributed by atoms with Crippen molar-refractivity contribution in [2.75, 3.05) is 33.9 Å². The molecule has 1 aromatic heterocycles. The van der Waals surface area contributed by atoms with E-state index in [1.807, 2.05) is 19.9 Å². The van der Waals surface area contributed by atoms with Crippen molar-refractivity contribution in [2.24, 2.45) is 5.73 Å². The smallest absolute Gasteiger partial charge is 0.289 e. The zero-order chi connectivity index (χ0) is 26.2. The molecule has 1 fully saturated rings. The van der Waals surface area contributed by atoms with E-state index < -0.39 is 11.7 Å². The Morgan fingerprint density at radius 1 is 1.11 bits per heavy atom. The van der Waals surface area contributed by atoms with Gasteiger partial charge in [0, 0.05) is 17.0 Å². The van der Waals surface area contributed by atoms with Crippen LogP contribution >= 0.6 is 0 Å². The van der Waals surface area contributed by atoms with Crippen molar-refractivity contribution in [3.63, 3.8) is 0 Å². The van der Waals surface area contributed by atoms with Gasteiger partial charge in [0.25, 0.3) is 5.91 Å². The predicted octanol–water partition coefficient (Wildman–Crippen LogP) is 4.16. The number of primary amides is 1. The molecule has 1 amide bonds. The molecule has 4 rings (SSSR count). The van der Waals surface area contributed by atoms with Gasteiger partial charge < -0.3 is 20.1 Å². The third-order valence-electron chi connectivity index (χ3n) is 6.21. The monoisotopic (exact) mass is 498 g/mol. The van der Waals surface area contributed by atoms with E-state index in [4.69, 9.17) is 15.2 Å². The van der Waals surface area contributed by atoms with Crippen LogP contribution < -0.4 is 15.2 Å². The number of carbonyl (C=O) groups excluding carboxylic acids is 2. The molecule has 0 radical (unpaired) electrons. The molecule has 1 saturated heterocycles. The molecule has 0 spiro atoms. The Morgan fingerprint density at radius 3 is 2.44 bits per heavy atom. The Kier molecular flexibility index (Phi) is 9.41. The molecule has 8 nitrogen and oxygen atoms in total. The number of ether oxygens (including phenoxy) is 2. The molecule has 36 heavy (non-hydrogen) atoms. The van der Waals surface area contributed by atoms with Crippen molar-refractivity contribution >= 4 is 22.6 Å². The molecule has 2 N–H and O–H groups in total. The van der Waals surface area contributed by atoms with E-state index in [0.29, 0.717) is 11.3 Å². The van der Waals surface area contributed by atoms with Crippen molar-refractivity contribution in [1.29, 1.82) is 0 Å². The maximum atomic E-state index is 13.8. The van der Waals surface area contributed by atoms with Crippen molar-refractivity contribution in [2.45, 2.75) is 45.6 Å². The number of carbonyl (C=O) groups is 2. The number of hydrogen-bond acceptors (Lipinski definition) is 6. The molecule has 0 bridgehead atoms. The quantitative estimate of drug-likeness (QED) is 0.351. The Bertz CT molecular complexity index is 1200. The number of aryl methyl sites for hydroxylation is 1. The van der Waals surface area contributed by atoms with Gasteiger partial charge in [0.15, 0.2) is 17.3 Å². The van der Waals surface area contributed by atoms with Gasteiger partial charge in [0.1, 0.15) is 0 Å². The number of nitrogens with two attached hydrogens (primary N) is 1. The average Bonchev–Trinajstić information content (AvgIpc) is 3.53. The minimum absolute atomic E-state index is 0.186. The SMILES string of the molecule is CC(C)n1ncc2ccc(C(=O)C(N)=O)cc21.COc1cc(CCCN2CCCC2)cc(F)c1OC. The molecule has 194 valence electrons. The van der Waals surface area contributed by atoms with Gasteiger partial charge in [-0.2, -0.15) is 5.10 Å². The fourth-order valence-electron chi connectivity index (χ4n) is 4.36. The lowest BCUT2D eigenvalue weighted by Crippen LogP contribution is -2.23. The van der Waals surface area contributed by atoms with Crippen LogP contribution in [0.2, 0.25) is 0 Å². The van der Waals surface area contributed by atoms with Gasteiger partial charge in [-0.1, -0.05) is 12.1 Å². The number of benzene rings is 2. The lowest BCUT2D eigenvalue weighted by molar-refractivity contribution is -0.114. The molecule has 2 heterocycles. The first-order chi connectivity index (χ1) is 17.2. The maximum absolute atomic E-state index is 13.8. The molecule has 1 aliphatic heterocycles. The van der Waals surface area contributed by atoms with Gasteiger partial charge in [-0.05, 0) is 82.9 Å². The van der Waals surface area contributed by atoms with Gasteiger partial charge in [0.2, 0.25) is 5.78 Å². The van der Waals surface area contributed by atoms with E-state index in [1.165, 1.54) is 40.2 Å². The molecule has 0 unspecified atom stereocenters. The van der Waals surface area contributed by atoms with Crippen molar-refractivity contribution < 1.29 is 23.5 Å². The topological polar surface area (TPSA) is 99.7 Å². The largest absolute Gasteiger partial charge is 0.493 e. The third kappa shape index (κ3) is 6.60. The summed E-state index contributed by atoms with van der Waals surface area (Å²) < 4.78 is 25.8. The Balaban J connectivity index is 0.000000202. The average molecular weight is 499 g/mol. The first-order valence-electron chi connectivity index (χ1n) is 12.2. The van der Waals surface area contributed by atoms with Crippen LogP contribution in [0, 0.1) is 5.82 Å². The Hall–Kier alpha value is -3.46. The highest BCUT2D eigenvalue weighted by Gasteiger charge is 2.15. The van der Waals surface area contributed by atoms with E-state index in [9.17, 15) is 14.0 Å². The minimum atomic E-state index is -0.944. The number of likely N-dealkylation sites (tertiary alicyclic amines) is 1. The van der Waals surface area contributed by atoms with Gasteiger partial charge in [-0.25, -0.2) is 4.39 Å². The van der Waals surface area contributed by atoms with Crippen LogP contribution in [0.5, 0.6) is 11.5 Å². The molecule has 0 atom stereocenters. The first kappa shape index (κ1) is 27.1. The van der Waals surface area contributed by atoms with Crippen LogP contribution in [0.1, 0.15) is 55.1 Å². The summed E-state index contributed by atoms with van der Waals surface area (Å²) in [6.07, 6.45) is 6.27. The maximum Gasteiger partial charge on any atom is 0.289 e. The summed E-state index contributed by atoms with van der Waals surface area (Å²) in [5.74, 6) is -1.31.